The molecule has 0 saturated heterocycles. The molecule has 3 rings (SSSR count). The first-order valence-electron chi connectivity index (χ1n) is 6.75. The third-order valence-electron chi connectivity index (χ3n) is 3.23. The van der Waals surface area contributed by atoms with Crippen molar-refractivity contribution in [2.45, 2.75) is 6.92 Å². The van der Waals surface area contributed by atoms with E-state index in [2.05, 4.69) is 0 Å². The van der Waals surface area contributed by atoms with Gasteiger partial charge in [0.25, 0.3) is 0 Å². The fraction of sp³-hybridized carbons (Fsp3) is 0.118. The van der Waals surface area contributed by atoms with E-state index in [0.29, 0.717) is 39.3 Å². The van der Waals surface area contributed by atoms with E-state index >= 15 is 0 Å². The third-order valence-corrected chi connectivity index (χ3v) is 3.89. The third kappa shape index (κ3) is 2.70. The molecule has 0 amide bonds. The molecule has 0 spiro atoms. The zero-order chi connectivity index (χ0) is 15.7. The Hall–Kier alpha value is -1.97. The van der Waals surface area contributed by atoms with Crippen molar-refractivity contribution in [3.8, 4) is 11.5 Å². The van der Waals surface area contributed by atoms with Gasteiger partial charge >= 0.3 is 0 Å². The molecule has 0 saturated carbocycles. The lowest BCUT2D eigenvalue weighted by atomic mass is 10.1. The van der Waals surface area contributed by atoms with Crippen molar-refractivity contribution in [3.63, 3.8) is 0 Å². The summed E-state index contributed by atoms with van der Waals surface area (Å²) in [6.45, 7) is 2.44. The van der Waals surface area contributed by atoms with Gasteiger partial charge < -0.3 is 9.47 Å². The first-order valence-corrected chi connectivity index (χ1v) is 7.51. The maximum absolute atomic E-state index is 12.4. The summed E-state index contributed by atoms with van der Waals surface area (Å²) in [6.07, 6.45) is 1.56. The van der Waals surface area contributed by atoms with Crippen LogP contribution in [0, 0.1) is 0 Å². The van der Waals surface area contributed by atoms with Crippen LogP contribution in [0.15, 0.2) is 42.2 Å². The molecule has 22 heavy (non-hydrogen) atoms. The van der Waals surface area contributed by atoms with Crippen molar-refractivity contribution in [3.05, 3.63) is 63.3 Å². The van der Waals surface area contributed by atoms with E-state index in [1.165, 1.54) is 0 Å². The van der Waals surface area contributed by atoms with E-state index in [4.69, 9.17) is 32.7 Å². The van der Waals surface area contributed by atoms with Crippen molar-refractivity contribution in [2.75, 3.05) is 6.61 Å². The first-order chi connectivity index (χ1) is 10.6. The number of ketones is 1. The van der Waals surface area contributed by atoms with Crippen LogP contribution in [0.4, 0.5) is 0 Å². The van der Waals surface area contributed by atoms with E-state index in [9.17, 15) is 4.79 Å². The van der Waals surface area contributed by atoms with Gasteiger partial charge in [0.2, 0.25) is 5.78 Å². The minimum atomic E-state index is -0.200. The van der Waals surface area contributed by atoms with Crippen LogP contribution in [0.25, 0.3) is 6.08 Å². The molecule has 0 aromatic heterocycles. The number of hydrogen-bond acceptors (Lipinski definition) is 3. The highest BCUT2D eigenvalue weighted by Gasteiger charge is 2.28. The van der Waals surface area contributed by atoms with Crippen LogP contribution in [0.1, 0.15) is 22.8 Å². The lowest BCUT2D eigenvalue weighted by Gasteiger charge is -2.04. The molecule has 1 aliphatic heterocycles. The summed E-state index contributed by atoms with van der Waals surface area (Å²) >= 11 is 12.2. The van der Waals surface area contributed by atoms with Gasteiger partial charge in [-0.1, -0.05) is 29.3 Å². The highest BCUT2D eigenvalue weighted by Crippen LogP contribution is 2.36. The quantitative estimate of drug-likeness (QED) is 0.740. The lowest BCUT2D eigenvalue weighted by Crippen LogP contribution is -1.98. The van der Waals surface area contributed by atoms with Crippen molar-refractivity contribution in [1.82, 2.24) is 0 Å². The molecule has 1 heterocycles. The predicted octanol–water partition coefficient (Wildman–Crippen LogP) is 5.01. The van der Waals surface area contributed by atoms with E-state index in [1.807, 2.05) is 6.92 Å². The predicted molar refractivity (Wildman–Crippen MR) is 87.0 cm³/mol. The Labute approximate surface area is 138 Å². The van der Waals surface area contributed by atoms with Gasteiger partial charge in [-0.15, -0.1) is 0 Å². The van der Waals surface area contributed by atoms with Gasteiger partial charge in [0, 0.05) is 21.7 Å². The molecule has 0 aliphatic carbocycles. The Morgan fingerprint density at radius 3 is 2.59 bits per heavy atom. The Morgan fingerprint density at radius 1 is 1.18 bits per heavy atom. The number of carbonyl (C=O) groups is 1. The smallest absolute Gasteiger partial charge is 0.231 e. The molecule has 1 aliphatic rings. The van der Waals surface area contributed by atoms with E-state index < -0.39 is 0 Å². The molecule has 0 fully saturated rings. The van der Waals surface area contributed by atoms with Crippen LogP contribution in [0.5, 0.6) is 11.5 Å². The fourth-order valence-corrected chi connectivity index (χ4v) is 2.71. The minimum Gasteiger partial charge on any atom is -0.494 e. The van der Waals surface area contributed by atoms with E-state index in [1.54, 1.807) is 42.5 Å². The molecule has 0 N–H and O–H groups in total. The molecule has 112 valence electrons. The largest absolute Gasteiger partial charge is 0.494 e. The molecule has 0 unspecified atom stereocenters. The molecular weight excluding hydrogens is 323 g/mol. The molecular formula is C17H12Cl2O3. The highest BCUT2D eigenvalue weighted by atomic mass is 35.5. The number of allylic oxidation sites excluding steroid dienone is 1. The average Bonchev–Trinajstić information content (AvgIpc) is 2.79. The first kappa shape index (κ1) is 14.9. The molecule has 0 radical (unpaired) electrons. The van der Waals surface area contributed by atoms with Gasteiger partial charge in [-0.05, 0) is 37.3 Å². The SMILES string of the molecule is CCOc1ccc2c(c1)OC(=Cc1c(Cl)cccc1Cl)C2=O. The zero-order valence-electron chi connectivity index (χ0n) is 11.7. The number of fused-ring (bicyclic) bond motifs is 1. The Bertz CT molecular complexity index is 761. The van der Waals surface area contributed by atoms with E-state index in [-0.39, 0.29) is 11.5 Å². The number of benzene rings is 2. The maximum Gasteiger partial charge on any atom is 0.231 e. The van der Waals surface area contributed by atoms with Crippen LogP contribution in [0.3, 0.4) is 0 Å². The number of halogens is 2. The van der Waals surface area contributed by atoms with Crippen LogP contribution in [0.2, 0.25) is 10.0 Å². The molecule has 0 atom stereocenters. The summed E-state index contributed by atoms with van der Waals surface area (Å²) < 4.78 is 11.0. The topological polar surface area (TPSA) is 35.5 Å². The van der Waals surface area contributed by atoms with Gasteiger partial charge in [-0.2, -0.15) is 0 Å². The second-order valence-electron chi connectivity index (χ2n) is 4.67. The summed E-state index contributed by atoms with van der Waals surface area (Å²) in [7, 11) is 0. The Balaban J connectivity index is 1.98. The molecule has 0 bridgehead atoms. The van der Waals surface area contributed by atoms with Crippen molar-refractivity contribution in [2.24, 2.45) is 0 Å². The van der Waals surface area contributed by atoms with Crippen molar-refractivity contribution < 1.29 is 14.3 Å². The standard InChI is InChI=1S/C17H12Cl2O3/c1-2-21-10-6-7-11-15(8-10)22-16(17(11)20)9-12-13(18)4-3-5-14(12)19/h3-9H,2H2,1H3. The maximum atomic E-state index is 12.4. The van der Waals surface area contributed by atoms with Gasteiger partial charge in [-0.25, -0.2) is 0 Å². The van der Waals surface area contributed by atoms with Gasteiger partial charge in [-0.3, -0.25) is 4.79 Å². The zero-order valence-corrected chi connectivity index (χ0v) is 13.2. The number of hydrogen-bond donors (Lipinski definition) is 0. The van der Waals surface area contributed by atoms with Crippen LogP contribution >= 0.6 is 23.2 Å². The van der Waals surface area contributed by atoms with Gasteiger partial charge in [0.15, 0.2) is 5.76 Å². The molecule has 2 aromatic rings. The fourth-order valence-electron chi connectivity index (χ4n) is 2.20. The van der Waals surface area contributed by atoms with Crippen LogP contribution in [-0.4, -0.2) is 12.4 Å². The molecule has 3 nitrogen and oxygen atoms in total. The average molecular weight is 335 g/mol. The molecule has 2 aromatic carbocycles. The van der Waals surface area contributed by atoms with E-state index in [0.717, 1.165) is 0 Å². The summed E-state index contributed by atoms with van der Waals surface area (Å²) in [5.41, 5.74) is 1.06. The summed E-state index contributed by atoms with van der Waals surface area (Å²) in [5, 5.41) is 0.921. The Kier molecular flexibility index (Phi) is 4.10. The number of carbonyl (C=O) groups excluding carboxylic acids is 1. The monoisotopic (exact) mass is 334 g/mol. The van der Waals surface area contributed by atoms with Gasteiger partial charge in [0.1, 0.15) is 11.5 Å². The van der Waals surface area contributed by atoms with Crippen molar-refractivity contribution >= 4 is 35.1 Å². The highest BCUT2D eigenvalue weighted by molar-refractivity contribution is 6.37. The second kappa shape index (κ2) is 6.03. The minimum absolute atomic E-state index is 0.193. The number of rotatable bonds is 3. The normalized spacial score (nSPS) is 14.9. The second-order valence-corrected chi connectivity index (χ2v) is 5.48. The summed E-state index contributed by atoms with van der Waals surface area (Å²) in [6, 6.07) is 10.3. The van der Waals surface area contributed by atoms with Gasteiger partial charge in [0.05, 0.1) is 12.2 Å². The summed E-state index contributed by atoms with van der Waals surface area (Å²) in [4.78, 5) is 12.4. The van der Waals surface area contributed by atoms with Crippen molar-refractivity contribution in [1.29, 1.82) is 0 Å². The van der Waals surface area contributed by atoms with Crippen LogP contribution < -0.4 is 9.47 Å². The molecule has 5 heteroatoms. The number of Topliss-reactive ketones (excluding diaryl/α,β-unsaturated/α-hetero) is 1. The lowest BCUT2D eigenvalue weighted by molar-refractivity contribution is 0.101. The Morgan fingerprint density at radius 2 is 1.91 bits per heavy atom. The van der Waals surface area contributed by atoms with Crippen LogP contribution in [-0.2, 0) is 0 Å². The summed E-state index contributed by atoms with van der Waals surface area (Å²) in [5.74, 6) is 1.13. The number of ether oxygens (including phenoxy) is 2.